The van der Waals surface area contributed by atoms with Crippen LogP contribution in [0.15, 0.2) is 64.4 Å². The Morgan fingerprint density at radius 3 is 2.57 bits per heavy atom. The number of benzene rings is 2. The Labute approximate surface area is 183 Å². The number of carbonyl (C=O) groups excluding carboxylic acids is 1. The Balaban J connectivity index is 1.71. The van der Waals surface area contributed by atoms with Gasteiger partial charge in [-0.1, -0.05) is 46.9 Å². The summed E-state index contributed by atoms with van der Waals surface area (Å²) in [6.07, 6.45) is 1.77. The van der Waals surface area contributed by atoms with Crippen molar-refractivity contribution >= 4 is 49.8 Å². The average Bonchev–Trinajstić information content (AvgIpc) is 3.15. The molecule has 2 N–H and O–H groups in total. The predicted molar refractivity (Wildman–Crippen MR) is 122 cm³/mol. The van der Waals surface area contributed by atoms with Crippen LogP contribution in [0.4, 0.5) is 10.8 Å². The van der Waals surface area contributed by atoms with Gasteiger partial charge in [0.15, 0.2) is 4.34 Å². The van der Waals surface area contributed by atoms with E-state index in [9.17, 15) is 13.2 Å². The molecule has 3 rings (SSSR count). The van der Waals surface area contributed by atoms with Gasteiger partial charge in [-0.2, -0.15) is 0 Å². The lowest BCUT2D eigenvalue weighted by Crippen LogP contribution is -2.15. The molecular weight excluding hydrogens is 440 g/mol. The number of nitrogens with zero attached hydrogens (tertiary/aromatic N) is 2. The summed E-state index contributed by atoms with van der Waals surface area (Å²) in [4.78, 5) is 12.7. The SMILES string of the molecule is C=CCSc1nnc(NC(=O)c2ccc(NS(=O)(=O)c3ccc(C)cc3)c(C)c2)s1. The first-order valence-corrected chi connectivity index (χ1v) is 12.2. The highest BCUT2D eigenvalue weighted by Gasteiger charge is 2.17. The van der Waals surface area contributed by atoms with Crippen LogP contribution in [-0.2, 0) is 10.0 Å². The highest BCUT2D eigenvalue weighted by Crippen LogP contribution is 2.26. The van der Waals surface area contributed by atoms with Gasteiger partial charge in [0.05, 0.1) is 10.6 Å². The van der Waals surface area contributed by atoms with Gasteiger partial charge in [-0.25, -0.2) is 8.42 Å². The molecule has 2 aromatic carbocycles. The summed E-state index contributed by atoms with van der Waals surface area (Å²) < 4.78 is 28.5. The van der Waals surface area contributed by atoms with E-state index in [-0.39, 0.29) is 10.8 Å². The molecule has 1 amide bonds. The van der Waals surface area contributed by atoms with Gasteiger partial charge >= 0.3 is 0 Å². The monoisotopic (exact) mass is 460 g/mol. The molecule has 0 unspecified atom stereocenters. The largest absolute Gasteiger partial charge is 0.296 e. The molecule has 0 aliphatic carbocycles. The molecule has 0 bridgehead atoms. The maximum Gasteiger partial charge on any atom is 0.261 e. The molecule has 0 fully saturated rings. The number of nitrogens with one attached hydrogen (secondary N) is 2. The number of thioether (sulfide) groups is 1. The molecule has 30 heavy (non-hydrogen) atoms. The van der Waals surface area contributed by atoms with Crippen molar-refractivity contribution in [1.29, 1.82) is 0 Å². The van der Waals surface area contributed by atoms with Crippen LogP contribution in [0.3, 0.4) is 0 Å². The quantitative estimate of drug-likeness (QED) is 0.292. The Bertz CT molecular complexity index is 1170. The number of carbonyl (C=O) groups is 1. The lowest BCUT2D eigenvalue weighted by atomic mass is 10.1. The van der Waals surface area contributed by atoms with E-state index < -0.39 is 10.0 Å². The molecule has 3 aromatic rings. The van der Waals surface area contributed by atoms with Gasteiger partial charge in [-0.15, -0.1) is 16.8 Å². The van der Waals surface area contributed by atoms with Crippen LogP contribution < -0.4 is 10.0 Å². The number of aryl methyl sites for hydroxylation is 2. The van der Waals surface area contributed by atoms with Crippen molar-refractivity contribution < 1.29 is 13.2 Å². The maximum atomic E-state index is 12.6. The fourth-order valence-corrected chi connectivity index (χ4v) is 5.10. The molecule has 1 aromatic heterocycles. The molecule has 0 spiro atoms. The summed E-state index contributed by atoms with van der Waals surface area (Å²) in [6, 6.07) is 11.3. The van der Waals surface area contributed by atoms with Crippen LogP contribution in [0, 0.1) is 13.8 Å². The number of rotatable bonds is 8. The third-order valence-corrected chi connectivity index (χ3v) is 7.37. The minimum Gasteiger partial charge on any atom is -0.296 e. The zero-order valence-corrected chi connectivity index (χ0v) is 18.8. The molecular formula is C20H20N4O3S3. The van der Waals surface area contributed by atoms with Crippen LogP contribution in [0.1, 0.15) is 21.5 Å². The van der Waals surface area contributed by atoms with E-state index in [0.717, 1.165) is 9.90 Å². The van der Waals surface area contributed by atoms with Crippen LogP contribution in [0.25, 0.3) is 0 Å². The molecule has 0 saturated heterocycles. The van der Waals surface area contributed by atoms with Gasteiger partial charge in [0.25, 0.3) is 15.9 Å². The number of hydrogen-bond donors (Lipinski definition) is 2. The molecule has 1 heterocycles. The van der Waals surface area contributed by atoms with Gasteiger partial charge in [0.2, 0.25) is 5.13 Å². The van der Waals surface area contributed by atoms with Gasteiger partial charge in [-0.3, -0.25) is 14.8 Å². The van der Waals surface area contributed by atoms with Crippen molar-refractivity contribution in [2.75, 3.05) is 15.8 Å². The normalized spacial score (nSPS) is 11.1. The van der Waals surface area contributed by atoms with E-state index in [1.165, 1.54) is 23.1 Å². The van der Waals surface area contributed by atoms with Gasteiger partial charge in [0.1, 0.15) is 0 Å². The summed E-state index contributed by atoms with van der Waals surface area (Å²) in [7, 11) is -3.72. The summed E-state index contributed by atoms with van der Waals surface area (Å²) in [5, 5.41) is 11.1. The van der Waals surface area contributed by atoms with E-state index in [1.54, 1.807) is 55.5 Å². The highest BCUT2D eigenvalue weighted by molar-refractivity contribution is 8.01. The zero-order valence-electron chi connectivity index (χ0n) is 16.4. The number of hydrogen-bond acceptors (Lipinski definition) is 7. The van der Waals surface area contributed by atoms with Crippen molar-refractivity contribution in [3.63, 3.8) is 0 Å². The minimum atomic E-state index is -3.72. The molecule has 10 heteroatoms. The molecule has 0 atom stereocenters. The molecule has 156 valence electrons. The fraction of sp³-hybridized carbons (Fsp3) is 0.150. The van der Waals surface area contributed by atoms with Crippen LogP contribution in [-0.4, -0.2) is 30.3 Å². The number of sulfonamides is 1. The number of amides is 1. The smallest absolute Gasteiger partial charge is 0.261 e. The average molecular weight is 461 g/mol. The van der Waals surface area contributed by atoms with Gasteiger partial charge < -0.3 is 0 Å². The third kappa shape index (κ3) is 5.47. The first-order valence-electron chi connectivity index (χ1n) is 8.87. The Morgan fingerprint density at radius 2 is 1.90 bits per heavy atom. The van der Waals surface area contributed by atoms with Crippen LogP contribution in [0.5, 0.6) is 0 Å². The molecule has 0 aliphatic rings. The second kappa shape index (κ2) is 9.41. The lowest BCUT2D eigenvalue weighted by molar-refractivity contribution is 0.102. The van der Waals surface area contributed by atoms with Gasteiger partial charge in [-0.05, 0) is 49.7 Å². The van der Waals surface area contributed by atoms with E-state index in [0.29, 0.717) is 27.7 Å². The van der Waals surface area contributed by atoms with Crippen molar-refractivity contribution in [2.24, 2.45) is 0 Å². The van der Waals surface area contributed by atoms with Gasteiger partial charge in [0, 0.05) is 11.3 Å². The van der Waals surface area contributed by atoms with Crippen LogP contribution in [0.2, 0.25) is 0 Å². The first kappa shape index (κ1) is 22.0. The molecule has 0 radical (unpaired) electrons. The summed E-state index contributed by atoms with van der Waals surface area (Å²) >= 11 is 2.76. The van der Waals surface area contributed by atoms with E-state index >= 15 is 0 Å². The second-order valence-corrected chi connectivity index (χ2v) is 10.3. The number of aromatic nitrogens is 2. The van der Waals surface area contributed by atoms with Crippen molar-refractivity contribution in [3.8, 4) is 0 Å². The number of anilines is 2. The summed E-state index contributed by atoms with van der Waals surface area (Å²) in [5.74, 6) is 0.365. The van der Waals surface area contributed by atoms with E-state index in [4.69, 9.17) is 0 Å². The second-order valence-electron chi connectivity index (χ2n) is 6.38. The summed E-state index contributed by atoms with van der Waals surface area (Å²) in [6.45, 7) is 7.28. The fourth-order valence-electron chi connectivity index (χ4n) is 2.46. The molecule has 7 nitrogen and oxygen atoms in total. The minimum absolute atomic E-state index is 0.177. The van der Waals surface area contributed by atoms with Crippen molar-refractivity contribution in [1.82, 2.24) is 10.2 Å². The van der Waals surface area contributed by atoms with Crippen molar-refractivity contribution in [3.05, 3.63) is 71.8 Å². The third-order valence-electron chi connectivity index (χ3n) is 4.02. The maximum absolute atomic E-state index is 12.6. The van der Waals surface area contributed by atoms with E-state index in [2.05, 4.69) is 26.8 Å². The van der Waals surface area contributed by atoms with Crippen molar-refractivity contribution in [2.45, 2.75) is 23.1 Å². The Hall–Kier alpha value is -2.69. The topological polar surface area (TPSA) is 101 Å². The lowest BCUT2D eigenvalue weighted by Gasteiger charge is -2.12. The Kier molecular flexibility index (Phi) is 6.91. The standard InChI is InChI=1S/C20H20N4O3S3/c1-4-11-28-20-23-22-19(29-20)21-18(25)15-7-10-17(14(3)12-15)24-30(26,27)16-8-5-13(2)6-9-16/h4-10,12,24H,1,11H2,2-3H3,(H,21,22,25). The zero-order chi connectivity index (χ0) is 21.7. The first-order chi connectivity index (χ1) is 14.3. The summed E-state index contributed by atoms with van der Waals surface area (Å²) in [5.41, 5.74) is 2.40. The molecule has 0 saturated carbocycles. The van der Waals surface area contributed by atoms with Crippen LogP contribution >= 0.6 is 23.1 Å². The molecule has 0 aliphatic heterocycles. The predicted octanol–water partition coefficient (Wildman–Crippen LogP) is 4.49. The van der Waals surface area contributed by atoms with E-state index in [1.807, 2.05) is 6.92 Å². The Morgan fingerprint density at radius 1 is 1.17 bits per heavy atom. The highest BCUT2D eigenvalue weighted by atomic mass is 32.2.